The molecule has 3 nitrogen and oxygen atoms in total. The fourth-order valence-corrected chi connectivity index (χ4v) is 2.29. The van der Waals surface area contributed by atoms with Gasteiger partial charge in [-0.05, 0) is 29.4 Å². The molecule has 0 unspecified atom stereocenters. The largest absolute Gasteiger partial charge is 0.493 e. The highest BCUT2D eigenvalue weighted by molar-refractivity contribution is 7.80. The molecule has 0 saturated heterocycles. The normalized spacial score (nSPS) is 13.0. The molecule has 1 amide bonds. The van der Waals surface area contributed by atoms with Crippen molar-refractivity contribution < 1.29 is 9.53 Å². The Morgan fingerprint density at radius 2 is 2.33 bits per heavy atom. The van der Waals surface area contributed by atoms with E-state index in [0.717, 1.165) is 31.7 Å². The van der Waals surface area contributed by atoms with Crippen LogP contribution in [0.25, 0.3) is 0 Å². The van der Waals surface area contributed by atoms with Gasteiger partial charge in [0, 0.05) is 26.4 Å². The summed E-state index contributed by atoms with van der Waals surface area (Å²) in [6.45, 7) is 1.55. The van der Waals surface area contributed by atoms with E-state index >= 15 is 0 Å². The van der Waals surface area contributed by atoms with Gasteiger partial charge in [-0.25, -0.2) is 0 Å². The standard InChI is InChI=1S/C14H19NO2S/c1-15(14(16)6-9-18)7-4-11-2-3-13-12(10-11)5-8-17-13/h2-3,10,18H,4-9H2,1H3. The molecule has 4 heteroatoms. The Kier molecular flexibility index (Phi) is 4.53. The van der Waals surface area contributed by atoms with Crippen LogP contribution in [0.5, 0.6) is 5.75 Å². The molecule has 1 aromatic rings. The van der Waals surface area contributed by atoms with Crippen LogP contribution >= 0.6 is 12.6 Å². The zero-order valence-electron chi connectivity index (χ0n) is 10.7. The summed E-state index contributed by atoms with van der Waals surface area (Å²) < 4.78 is 5.48. The van der Waals surface area contributed by atoms with Crippen LogP contribution in [0, 0.1) is 0 Å². The predicted octanol–water partition coefficient (Wildman–Crippen LogP) is 1.94. The molecule has 0 atom stereocenters. The summed E-state index contributed by atoms with van der Waals surface area (Å²) >= 11 is 4.08. The lowest BCUT2D eigenvalue weighted by Crippen LogP contribution is -2.28. The Morgan fingerprint density at radius 3 is 3.11 bits per heavy atom. The van der Waals surface area contributed by atoms with Crippen molar-refractivity contribution in [3.05, 3.63) is 29.3 Å². The number of hydrogen-bond acceptors (Lipinski definition) is 3. The number of ether oxygens (including phenoxy) is 1. The lowest BCUT2D eigenvalue weighted by Gasteiger charge is -2.16. The number of rotatable bonds is 5. The first kappa shape index (κ1) is 13.3. The first-order valence-corrected chi connectivity index (χ1v) is 6.93. The highest BCUT2D eigenvalue weighted by Crippen LogP contribution is 2.25. The van der Waals surface area contributed by atoms with Gasteiger partial charge in [-0.15, -0.1) is 0 Å². The fourth-order valence-electron chi connectivity index (χ4n) is 2.10. The molecular formula is C14H19NO2S. The molecule has 1 aliphatic heterocycles. The SMILES string of the molecule is CN(CCc1ccc2c(c1)CCO2)C(=O)CCS. The van der Waals surface area contributed by atoms with Crippen molar-refractivity contribution in [1.29, 1.82) is 0 Å². The van der Waals surface area contributed by atoms with Gasteiger partial charge in [0.25, 0.3) is 0 Å². The summed E-state index contributed by atoms with van der Waals surface area (Å²) in [6, 6.07) is 6.31. The number of benzene rings is 1. The number of hydrogen-bond donors (Lipinski definition) is 1. The first-order chi connectivity index (χ1) is 8.70. The highest BCUT2D eigenvalue weighted by atomic mass is 32.1. The topological polar surface area (TPSA) is 29.5 Å². The lowest BCUT2D eigenvalue weighted by molar-refractivity contribution is -0.129. The van der Waals surface area contributed by atoms with E-state index in [0.29, 0.717) is 12.2 Å². The zero-order valence-corrected chi connectivity index (χ0v) is 11.6. The van der Waals surface area contributed by atoms with Crippen LogP contribution in [0.1, 0.15) is 17.5 Å². The average molecular weight is 265 g/mol. The molecule has 18 heavy (non-hydrogen) atoms. The minimum absolute atomic E-state index is 0.162. The van der Waals surface area contributed by atoms with E-state index in [1.165, 1.54) is 11.1 Å². The van der Waals surface area contributed by atoms with Gasteiger partial charge in [-0.2, -0.15) is 12.6 Å². The highest BCUT2D eigenvalue weighted by Gasteiger charge is 2.12. The third-order valence-corrected chi connectivity index (χ3v) is 3.46. The number of carbonyl (C=O) groups excluding carboxylic acids is 1. The molecule has 0 radical (unpaired) electrons. The van der Waals surface area contributed by atoms with E-state index in [1.54, 1.807) is 4.90 Å². The Hall–Kier alpha value is -1.16. The Balaban J connectivity index is 1.88. The van der Waals surface area contributed by atoms with E-state index in [2.05, 4.69) is 24.8 Å². The van der Waals surface area contributed by atoms with E-state index in [9.17, 15) is 4.79 Å². The van der Waals surface area contributed by atoms with Crippen molar-refractivity contribution >= 4 is 18.5 Å². The van der Waals surface area contributed by atoms with Crippen molar-refractivity contribution in [2.75, 3.05) is 26.0 Å². The number of thiol groups is 1. The molecule has 0 spiro atoms. The smallest absolute Gasteiger partial charge is 0.223 e. The fraction of sp³-hybridized carbons (Fsp3) is 0.500. The van der Waals surface area contributed by atoms with Crippen LogP contribution in [0.4, 0.5) is 0 Å². The maximum atomic E-state index is 11.6. The van der Waals surface area contributed by atoms with Gasteiger partial charge in [-0.1, -0.05) is 12.1 Å². The third kappa shape index (κ3) is 3.19. The summed E-state index contributed by atoms with van der Waals surface area (Å²) in [5, 5.41) is 0. The number of nitrogens with zero attached hydrogens (tertiary/aromatic N) is 1. The van der Waals surface area contributed by atoms with Crippen LogP contribution in [-0.2, 0) is 17.6 Å². The van der Waals surface area contributed by atoms with E-state index in [1.807, 2.05) is 13.1 Å². The third-order valence-electron chi connectivity index (χ3n) is 3.24. The van der Waals surface area contributed by atoms with E-state index in [-0.39, 0.29) is 5.91 Å². The molecule has 0 saturated carbocycles. The minimum atomic E-state index is 0.162. The summed E-state index contributed by atoms with van der Waals surface area (Å²) in [6.07, 6.45) is 2.40. The van der Waals surface area contributed by atoms with Crippen molar-refractivity contribution in [3.63, 3.8) is 0 Å². The van der Waals surface area contributed by atoms with Gasteiger partial charge in [0.05, 0.1) is 6.61 Å². The summed E-state index contributed by atoms with van der Waals surface area (Å²) in [7, 11) is 1.85. The van der Waals surface area contributed by atoms with Crippen LogP contribution in [0.3, 0.4) is 0 Å². The lowest BCUT2D eigenvalue weighted by atomic mass is 10.1. The Bertz CT molecular complexity index is 434. The molecule has 2 rings (SSSR count). The Labute approximate surface area is 114 Å². The molecule has 98 valence electrons. The molecule has 0 N–H and O–H groups in total. The number of fused-ring (bicyclic) bond motifs is 1. The summed E-state index contributed by atoms with van der Waals surface area (Å²) in [5.74, 6) is 1.78. The van der Waals surface area contributed by atoms with Crippen molar-refractivity contribution in [3.8, 4) is 5.75 Å². The van der Waals surface area contributed by atoms with Gasteiger partial charge in [0.1, 0.15) is 5.75 Å². The number of carbonyl (C=O) groups is 1. The van der Waals surface area contributed by atoms with Gasteiger partial charge in [0.2, 0.25) is 5.91 Å². The predicted molar refractivity (Wildman–Crippen MR) is 75.5 cm³/mol. The number of likely N-dealkylation sites (N-methyl/N-ethyl adjacent to an activating group) is 1. The molecule has 1 aliphatic rings. The van der Waals surface area contributed by atoms with Crippen LogP contribution in [0.15, 0.2) is 18.2 Å². The van der Waals surface area contributed by atoms with Gasteiger partial charge in [-0.3, -0.25) is 4.79 Å². The number of amides is 1. The maximum absolute atomic E-state index is 11.6. The van der Waals surface area contributed by atoms with E-state index in [4.69, 9.17) is 4.74 Å². The first-order valence-electron chi connectivity index (χ1n) is 6.30. The summed E-state index contributed by atoms with van der Waals surface area (Å²) in [4.78, 5) is 13.4. The van der Waals surface area contributed by atoms with Gasteiger partial charge < -0.3 is 9.64 Å². The second kappa shape index (κ2) is 6.14. The summed E-state index contributed by atoms with van der Waals surface area (Å²) in [5.41, 5.74) is 2.56. The van der Waals surface area contributed by atoms with Crippen molar-refractivity contribution in [2.45, 2.75) is 19.3 Å². The maximum Gasteiger partial charge on any atom is 0.223 e. The molecule has 0 bridgehead atoms. The molecule has 0 aromatic heterocycles. The van der Waals surface area contributed by atoms with Crippen LogP contribution in [-0.4, -0.2) is 36.8 Å². The minimum Gasteiger partial charge on any atom is -0.493 e. The zero-order chi connectivity index (χ0) is 13.0. The van der Waals surface area contributed by atoms with E-state index < -0.39 is 0 Å². The Morgan fingerprint density at radius 1 is 1.50 bits per heavy atom. The van der Waals surface area contributed by atoms with Gasteiger partial charge >= 0.3 is 0 Å². The monoisotopic (exact) mass is 265 g/mol. The van der Waals surface area contributed by atoms with Crippen LogP contribution < -0.4 is 4.74 Å². The van der Waals surface area contributed by atoms with Crippen molar-refractivity contribution in [2.24, 2.45) is 0 Å². The molecule has 0 aliphatic carbocycles. The van der Waals surface area contributed by atoms with Crippen molar-refractivity contribution in [1.82, 2.24) is 4.90 Å². The quantitative estimate of drug-likeness (QED) is 0.825. The average Bonchev–Trinajstić information content (AvgIpc) is 2.83. The molecule has 0 fully saturated rings. The molecule has 1 heterocycles. The second-order valence-electron chi connectivity index (χ2n) is 4.58. The second-order valence-corrected chi connectivity index (χ2v) is 5.03. The van der Waals surface area contributed by atoms with Crippen LogP contribution in [0.2, 0.25) is 0 Å². The molecule has 1 aromatic carbocycles. The molecular weight excluding hydrogens is 246 g/mol. The van der Waals surface area contributed by atoms with Gasteiger partial charge in [0.15, 0.2) is 0 Å².